The predicted octanol–water partition coefficient (Wildman–Crippen LogP) is 1.62. The number of carbonyl (C=O) groups excluding carboxylic acids is 2. The normalized spacial score (nSPS) is 16.9. The van der Waals surface area contributed by atoms with Crippen molar-refractivity contribution in [3.63, 3.8) is 0 Å². The summed E-state index contributed by atoms with van der Waals surface area (Å²) >= 11 is 0. The number of hydrogen-bond donors (Lipinski definition) is 2. The highest BCUT2D eigenvalue weighted by molar-refractivity contribution is 5.98. The number of hydrogen-bond acceptors (Lipinski definition) is 7. The van der Waals surface area contributed by atoms with E-state index in [1.54, 1.807) is 36.4 Å². The SMILES string of the molecule is COC(=O)CNC(=O)c1ccccc1OCC(O)CN1CCC(Oc2ccc(F)cc2)C1. The van der Waals surface area contributed by atoms with Crippen LogP contribution in [0.5, 0.6) is 11.5 Å². The quantitative estimate of drug-likeness (QED) is 0.536. The van der Waals surface area contributed by atoms with Gasteiger partial charge in [-0.2, -0.15) is 0 Å². The summed E-state index contributed by atoms with van der Waals surface area (Å²) in [5.41, 5.74) is 0.262. The number of β-amino-alcohol motifs (C(OH)–C–C–N with tert-alkyl or cyclic N) is 1. The van der Waals surface area contributed by atoms with Gasteiger partial charge in [-0.15, -0.1) is 0 Å². The molecule has 32 heavy (non-hydrogen) atoms. The maximum absolute atomic E-state index is 13.0. The Hall–Kier alpha value is -3.17. The fourth-order valence-corrected chi connectivity index (χ4v) is 3.40. The zero-order valence-electron chi connectivity index (χ0n) is 17.8. The fraction of sp³-hybridized carbons (Fsp3) is 0.391. The highest BCUT2D eigenvalue weighted by Gasteiger charge is 2.26. The van der Waals surface area contributed by atoms with Crippen LogP contribution >= 0.6 is 0 Å². The molecule has 0 spiro atoms. The van der Waals surface area contributed by atoms with Crippen molar-refractivity contribution in [2.24, 2.45) is 0 Å². The number of benzene rings is 2. The average molecular weight is 446 g/mol. The van der Waals surface area contributed by atoms with Crippen LogP contribution in [0.2, 0.25) is 0 Å². The van der Waals surface area contributed by atoms with E-state index >= 15 is 0 Å². The number of halogens is 1. The largest absolute Gasteiger partial charge is 0.490 e. The second kappa shape index (κ2) is 11.4. The topological polar surface area (TPSA) is 97.3 Å². The van der Waals surface area contributed by atoms with Gasteiger partial charge in [-0.1, -0.05) is 12.1 Å². The first-order valence-corrected chi connectivity index (χ1v) is 10.3. The molecule has 2 aromatic rings. The number of esters is 1. The molecule has 1 saturated heterocycles. The van der Waals surface area contributed by atoms with Crippen LogP contribution in [0.4, 0.5) is 4.39 Å². The Bertz CT molecular complexity index is 908. The molecule has 172 valence electrons. The van der Waals surface area contributed by atoms with Crippen LogP contribution in [0.1, 0.15) is 16.8 Å². The average Bonchev–Trinajstić information content (AvgIpc) is 3.24. The van der Waals surface area contributed by atoms with Crippen molar-refractivity contribution in [1.29, 1.82) is 0 Å². The lowest BCUT2D eigenvalue weighted by atomic mass is 10.2. The highest BCUT2D eigenvalue weighted by atomic mass is 19.1. The molecule has 1 aliphatic rings. The molecule has 1 fully saturated rings. The van der Waals surface area contributed by atoms with E-state index in [0.29, 0.717) is 24.6 Å². The molecule has 1 amide bonds. The summed E-state index contributed by atoms with van der Waals surface area (Å²) in [5, 5.41) is 12.9. The lowest BCUT2D eigenvalue weighted by Crippen LogP contribution is -2.35. The third-order valence-corrected chi connectivity index (χ3v) is 5.00. The van der Waals surface area contributed by atoms with Gasteiger partial charge in [0.2, 0.25) is 0 Å². The molecule has 1 aliphatic heterocycles. The number of likely N-dealkylation sites (tertiary alicyclic amines) is 1. The van der Waals surface area contributed by atoms with Crippen molar-refractivity contribution in [2.45, 2.75) is 18.6 Å². The summed E-state index contributed by atoms with van der Waals surface area (Å²) < 4.78 is 29.1. The third kappa shape index (κ3) is 6.93. The lowest BCUT2D eigenvalue weighted by molar-refractivity contribution is -0.139. The van der Waals surface area contributed by atoms with Crippen LogP contribution in [0, 0.1) is 5.82 Å². The molecule has 0 aromatic heterocycles. The second-order valence-electron chi connectivity index (χ2n) is 7.46. The maximum atomic E-state index is 13.0. The van der Waals surface area contributed by atoms with E-state index in [-0.39, 0.29) is 30.6 Å². The molecule has 0 saturated carbocycles. The Kier molecular flexibility index (Phi) is 8.41. The molecule has 2 aromatic carbocycles. The summed E-state index contributed by atoms with van der Waals surface area (Å²) in [6.45, 7) is 1.54. The van der Waals surface area contributed by atoms with E-state index < -0.39 is 18.0 Å². The molecule has 0 radical (unpaired) electrons. The van der Waals surface area contributed by atoms with E-state index in [0.717, 1.165) is 13.0 Å². The Morgan fingerprint density at radius 2 is 1.97 bits per heavy atom. The van der Waals surface area contributed by atoms with Gasteiger partial charge in [0.15, 0.2) is 0 Å². The zero-order chi connectivity index (χ0) is 22.9. The molecule has 0 aliphatic carbocycles. The van der Waals surface area contributed by atoms with Crippen LogP contribution in [0.3, 0.4) is 0 Å². The predicted molar refractivity (Wildman–Crippen MR) is 114 cm³/mol. The molecule has 2 N–H and O–H groups in total. The summed E-state index contributed by atoms with van der Waals surface area (Å²) in [6.07, 6.45) is -0.00713. The number of rotatable bonds is 10. The first-order valence-electron chi connectivity index (χ1n) is 10.3. The van der Waals surface area contributed by atoms with E-state index in [9.17, 15) is 19.1 Å². The maximum Gasteiger partial charge on any atom is 0.325 e. The number of aliphatic hydroxyl groups is 1. The fourth-order valence-electron chi connectivity index (χ4n) is 3.40. The number of ether oxygens (including phenoxy) is 3. The number of para-hydroxylation sites is 1. The zero-order valence-corrected chi connectivity index (χ0v) is 17.8. The van der Waals surface area contributed by atoms with Gasteiger partial charge < -0.3 is 24.6 Å². The minimum absolute atomic E-state index is 0.00127. The molecule has 2 atom stereocenters. The van der Waals surface area contributed by atoms with Gasteiger partial charge in [0.1, 0.15) is 42.7 Å². The van der Waals surface area contributed by atoms with Crippen molar-refractivity contribution in [3.05, 3.63) is 59.9 Å². The Labute approximate surface area is 185 Å². The van der Waals surface area contributed by atoms with Gasteiger partial charge in [0.05, 0.1) is 12.7 Å². The number of nitrogens with one attached hydrogen (secondary N) is 1. The number of amides is 1. The van der Waals surface area contributed by atoms with Crippen LogP contribution in [-0.2, 0) is 9.53 Å². The van der Waals surface area contributed by atoms with Gasteiger partial charge >= 0.3 is 5.97 Å². The Balaban J connectivity index is 1.45. The van der Waals surface area contributed by atoms with Gasteiger partial charge in [-0.25, -0.2) is 4.39 Å². The Morgan fingerprint density at radius 1 is 1.22 bits per heavy atom. The second-order valence-corrected chi connectivity index (χ2v) is 7.46. The molecular formula is C23H27FN2O6. The van der Waals surface area contributed by atoms with Crippen molar-refractivity contribution in [2.75, 3.05) is 39.9 Å². The van der Waals surface area contributed by atoms with Crippen molar-refractivity contribution in [1.82, 2.24) is 10.2 Å². The van der Waals surface area contributed by atoms with E-state index in [1.807, 2.05) is 0 Å². The van der Waals surface area contributed by atoms with Crippen molar-refractivity contribution < 1.29 is 33.3 Å². The summed E-state index contributed by atoms with van der Waals surface area (Å²) in [7, 11) is 1.24. The molecule has 0 bridgehead atoms. The molecule has 2 unspecified atom stereocenters. The molecule has 1 heterocycles. The van der Waals surface area contributed by atoms with E-state index in [2.05, 4.69) is 15.0 Å². The molecule has 9 heteroatoms. The van der Waals surface area contributed by atoms with Gasteiger partial charge in [0.25, 0.3) is 5.91 Å². The van der Waals surface area contributed by atoms with Crippen molar-refractivity contribution >= 4 is 11.9 Å². The first-order chi connectivity index (χ1) is 15.4. The first kappa shape index (κ1) is 23.5. The number of nitrogens with zero attached hydrogens (tertiary/aromatic N) is 1. The minimum atomic E-state index is -0.772. The lowest BCUT2D eigenvalue weighted by Gasteiger charge is -2.21. The standard InChI is InChI=1S/C23H27FN2O6/c1-30-22(28)12-25-23(29)20-4-2-3-5-21(20)31-15-17(27)13-26-11-10-19(14-26)32-18-8-6-16(24)7-9-18/h2-9,17,19,27H,10-15H2,1H3,(H,25,29). The van der Waals surface area contributed by atoms with Gasteiger partial charge in [-0.05, 0) is 42.8 Å². The third-order valence-electron chi connectivity index (χ3n) is 5.00. The minimum Gasteiger partial charge on any atom is -0.490 e. The number of carbonyl (C=O) groups is 2. The highest BCUT2D eigenvalue weighted by Crippen LogP contribution is 2.20. The monoisotopic (exact) mass is 446 g/mol. The van der Waals surface area contributed by atoms with Gasteiger partial charge in [-0.3, -0.25) is 14.5 Å². The smallest absolute Gasteiger partial charge is 0.325 e. The van der Waals surface area contributed by atoms with E-state index in [4.69, 9.17) is 9.47 Å². The molecule has 8 nitrogen and oxygen atoms in total. The molecular weight excluding hydrogens is 419 g/mol. The Morgan fingerprint density at radius 3 is 2.72 bits per heavy atom. The van der Waals surface area contributed by atoms with Gasteiger partial charge in [0, 0.05) is 19.6 Å². The summed E-state index contributed by atoms with van der Waals surface area (Å²) in [4.78, 5) is 25.6. The molecule has 3 rings (SSSR count). The van der Waals surface area contributed by atoms with Crippen molar-refractivity contribution in [3.8, 4) is 11.5 Å². The summed E-state index contributed by atoms with van der Waals surface area (Å²) in [6, 6.07) is 12.5. The number of methoxy groups -OCH3 is 1. The van der Waals surface area contributed by atoms with E-state index in [1.165, 1.54) is 19.2 Å². The summed E-state index contributed by atoms with van der Waals surface area (Å²) in [5.74, 6) is -0.409. The number of aliphatic hydroxyl groups excluding tert-OH is 1. The van der Waals surface area contributed by atoms with Crippen LogP contribution in [-0.4, -0.2) is 74.0 Å². The van der Waals surface area contributed by atoms with Crippen LogP contribution in [0.25, 0.3) is 0 Å². The van der Waals surface area contributed by atoms with Crippen LogP contribution in [0.15, 0.2) is 48.5 Å². The van der Waals surface area contributed by atoms with Crippen LogP contribution < -0.4 is 14.8 Å².